The van der Waals surface area contributed by atoms with E-state index in [2.05, 4.69) is 10.4 Å². The quantitative estimate of drug-likeness (QED) is 0.886. The Morgan fingerprint density at radius 3 is 2.92 bits per heavy atom. The molecule has 25 heavy (non-hydrogen) atoms. The summed E-state index contributed by atoms with van der Waals surface area (Å²) < 4.78 is 6.60. The number of benzene rings is 1. The van der Waals surface area contributed by atoms with Gasteiger partial charge in [0.25, 0.3) is 11.5 Å². The lowest BCUT2D eigenvalue weighted by Crippen LogP contribution is -2.33. The number of aromatic nitrogens is 2. The molecular weight excluding hydrogens is 342 g/mol. The van der Waals surface area contributed by atoms with E-state index in [1.54, 1.807) is 24.3 Å². The summed E-state index contributed by atoms with van der Waals surface area (Å²) in [7, 11) is 1.50. The number of nitrogens with zero attached hydrogens (tertiary/aromatic N) is 2. The maximum absolute atomic E-state index is 12.3. The highest BCUT2D eigenvalue weighted by Crippen LogP contribution is 2.22. The van der Waals surface area contributed by atoms with Crippen LogP contribution in [0.5, 0.6) is 5.75 Å². The van der Waals surface area contributed by atoms with Crippen LogP contribution in [0.3, 0.4) is 0 Å². The van der Waals surface area contributed by atoms with Crippen LogP contribution >= 0.6 is 11.6 Å². The molecule has 0 bridgehead atoms. The third kappa shape index (κ3) is 4.02. The summed E-state index contributed by atoms with van der Waals surface area (Å²) in [6, 6.07) is 6.53. The molecule has 0 unspecified atom stereocenters. The monoisotopic (exact) mass is 361 g/mol. The molecule has 132 valence electrons. The van der Waals surface area contributed by atoms with Gasteiger partial charge in [0.15, 0.2) is 0 Å². The summed E-state index contributed by atoms with van der Waals surface area (Å²) in [5.74, 6) is 0.149. The average Bonchev–Trinajstić information content (AvgIpc) is 2.62. The Morgan fingerprint density at radius 1 is 1.32 bits per heavy atom. The maximum Gasteiger partial charge on any atom is 0.267 e. The van der Waals surface area contributed by atoms with Gasteiger partial charge < -0.3 is 10.1 Å². The molecule has 0 aliphatic heterocycles. The number of methoxy groups -OCH3 is 1. The molecule has 7 heteroatoms. The smallest absolute Gasteiger partial charge is 0.267 e. The van der Waals surface area contributed by atoms with E-state index in [9.17, 15) is 9.59 Å². The summed E-state index contributed by atoms with van der Waals surface area (Å²) in [6.45, 7) is 0.612. The molecule has 1 heterocycles. The highest BCUT2D eigenvalue weighted by molar-refractivity contribution is 6.31. The number of aryl methyl sites for hydroxylation is 2. The molecule has 1 aromatic carbocycles. The predicted molar refractivity (Wildman–Crippen MR) is 95.5 cm³/mol. The number of rotatable bonds is 5. The van der Waals surface area contributed by atoms with Gasteiger partial charge in [0.2, 0.25) is 0 Å². The number of nitrogens with one attached hydrogen (secondary N) is 1. The van der Waals surface area contributed by atoms with Gasteiger partial charge in [-0.05, 0) is 49.4 Å². The van der Waals surface area contributed by atoms with Gasteiger partial charge in [-0.2, -0.15) is 5.10 Å². The fourth-order valence-electron chi connectivity index (χ4n) is 2.99. The summed E-state index contributed by atoms with van der Waals surface area (Å²) in [5, 5.41) is 7.67. The zero-order chi connectivity index (χ0) is 17.8. The molecule has 2 aromatic rings. The minimum atomic E-state index is -0.301. The first-order valence-electron chi connectivity index (χ1n) is 8.30. The first-order chi connectivity index (χ1) is 12.1. The van der Waals surface area contributed by atoms with Crippen LogP contribution in [0.1, 0.15) is 34.5 Å². The second kappa shape index (κ2) is 7.70. The van der Waals surface area contributed by atoms with Crippen molar-refractivity contribution >= 4 is 17.5 Å². The van der Waals surface area contributed by atoms with E-state index >= 15 is 0 Å². The van der Waals surface area contributed by atoms with E-state index in [1.807, 2.05) is 0 Å². The lowest BCUT2D eigenvalue weighted by atomic mass is 9.97. The Bertz CT molecular complexity index is 848. The zero-order valence-electron chi connectivity index (χ0n) is 14.0. The van der Waals surface area contributed by atoms with Crippen molar-refractivity contribution in [1.29, 1.82) is 0 Å². The Morgan fingerprint density at radius 2 is 2.12 bits per heavy atom. The van der Waals surface area contributed by atoms with Gasteiger partial charge in [-0.3, -0.25) is 9.59 Å². The molecule has 0 spiro atoms. The van der Waals surface area contributed by atoms with Gasteiger partial charge in [-0.15, -0.1) is 0 Å². The van der Waals surface area contributed by atoms with Gasteiger partial charge >= 0.3 is 0 Å². The average molecular weight is 362 g/mol. The predicted octanol–water partition coefficient (Wildman–Crippen LogP) is 2.21. The van der Waals surface area contributed by atoms with Gasteiger partial charge in [0, 0.05) is 17.6 Å². The second-order valence-corrected chi connectivity index (χ2v) is 6.42. The molecule has 0 atom stereocenters. The van der Waals surface area contributed by atoms with Gasteiger partial charge in [0.1, 0.15) is 5.75 Å². The normalized spacial score (nSPS) is 13.2. The number of halogens is 1. The van der Waals surface area contributed by atoms with Crippen LogP contribution in [0, 0.1) is 0 Å². The Labute approximate surface area is 150 Å². The van der Waals surface area contributed by atoms with Crippen molar-refractivity contribution in [2.75, 3.05) is 13.7 Å². The molecule has 0 radical (unpaired) electrons. The lowest BCUT2D eigenvalue weighted by molar-refractivity contribution is 0.0948. The first-order valence-corrected chi connectivity index (χ1v) is 8.68. The fraction of sp³-hybridized carbons (Fsp3) is 0.389. The van der Waals surface area contributed by atoms with Crippen LogP contribution in [0.25, 0.3) is 0 Å². The summed E-state index contributed by atoms with van der Waals surface area (Å²) in [5.41, 5.74) is 2.28. The third-order valence-electron chi connectivity index (χ3n) is 4.29. The van der Waals surface area contributed by atoms with E-state index in [-0.39, 0.29) is 11.5 Å². The maximum atomic E-state index is 12.3. The minimum absolute atomic E-state index is 0.129. The molecule has 1 amide bonds. The Balaban J connectivity index is 1.66. The Kier molecular flexibility index (Phi) is 5.38. The van der Waals surface area contributed by atoms with E-state index in [1.165, 1.54) is 11.8 Å². The van der Waals surface area contributed by atoms with Crippen molar-refractivity contribution in [2.24, 2.45) is 0 Å². The number of hydrogen-bond donors (Lipinski definition) is 1. The van der Waals surface area contributed by atoms with Gasteiger partial charge in [-0.25, -0.2) is 4.68 Å². The molecule has 1 aliphatic carbocycles. The van der Waals surface area contributed by atoms with Gasteiger partial charge in [0.05, 0.1) is 24.9 Å². The molecule has 0 saturated heterocycles. The SMILES string of the molecule is COc1ccc(Cl)cc1C(=O)NCCn1nc2c(cc1=O)CCCC2. The van der Waals surface area contributed by atoms with Crippen LogP contribution in [-0.2, 0) is 19.4 Å². The number of hydrogen-bond acceptors (Lipinski definition) is 4. The highest BCUT2D eigenvalue weighted by atomic mass is 35.5. The van der Waals surface area contributed by atoms with E-state index in [4.69, 9.17) is 16.3 Å². The van der Waals surface area contributed by atoms with E-state index < -0.39 is 0 Å². The number of fused-ring (bicyclic) bond motifs is 1. The standard InChI is InChI=1S/C18H20ClN3O3/c1-25-16-7-6-13(19)11-14(16)18(24)20-8-9-22-17(23)10-12-4-2-3-5-15(12)21-22/h6-7,10-11H,2-5,8-9H2,1H3,(H,20,24). The highest BCUT2D eigenvalue weighted by Gasteiger charge is 2.15. The van der Waals surface area contributed by atoms with Crippen LogP contribution < -0.4 is 15.6 Å². The van der Waals surface area contributed by atoms with E-state index in [0.29, 0.717) is 29.4 Å². The molecule has 0 saturated carbocycles. The number of ether oxygens (including phenoxy) is 1. The van der Waals surface area contributed by atoms with Crippen LogP contribution in [-0.4, -0.2) is 29.3 Å². The molecule has 1 aliphatic rings. The molecule has 1 aromatic heterocycles. The molecule has 3 rings (SSSR count). The van der Waals surface area contributed by atoms with Crippen molar-refractivity contribution in [2.45, 2.75) is 32.2 Å². The topological polar surface area (TPSA) is 73.2 Å². The molecule has 1 N–H and O–H groups in total. The number of carbonyl (C=O) groups is 1. The summed E-state index contributed by atoms with van der Waals surface area (Å²) >= 11 is 5.95. The molecule has 0 fully saturated rings. The van der Waals surface area contributed by atoms with Crippen LogP contribution in [0.15, 0.2) is 29.1 Å². The lowest BCUT2D eigenvalue weighted by Gasteiger charge is -2.16. The van der Waals surface area contributed by atoms with Crippen molar-refractivity contribution in [3.05, 3.63) is 56.5 Å². The second-order valence-electron chi connectivity index (χ2n) is 5.99. The van der Waals surface area contributed by atoms with E-state index in [0.717, 1.165) is 36.9 Å². The number of carbonyl (C=O) groups excluding carboxylic acids is 1. The van der Waals surface area contributed by atoms with Crippen molar-refractivity contribution in [3.8, 4) is 5.75 Å². The van der Waals surface area contributed by atoms with Crippen molar-refractivity contribution in [3.63, 3.8) is 0 Å². The minimum Gasteiger partial charge on any atom is -0.496 e. The summed E-state index contributed by atoms with van der Waals surface area (Å²) in [6.07, 6.45) is 4.03. The first kappa shape index (κ1) is 17.5. The molecule has 6 nitrogen and oxygen atoms in total. The molecular formula is C18H20ClN3O3. The van der Waals surface area contributed by atoms with Crippen LogP contribution in [0.2, 0.25) is 5.02 Å². The van der Waals surface area contributed by atoms with Crippen LogP contribution in [0.4, 0.5) is 0 Å². The van der Waals surface area contributed by atoms with Crippen molar-refractivity contribution in [1.82, 2.24) is 15.1 Å². The third-order valence-corrected chi connectivity index (χ3v) is 4.52. The largest absolute Gasteiger partial charge is 0.496 e. The zero-order valence-corrected chi connectivity index (χ0v) is 14.8. The van der Waals surface area contributed by atoms with Crippen molar-refractivity contribution < 1.29 is 9.53 Å². The number of amides is 1. The van der Waals surface area contributed by atoms with Gasteiger partial charge in [-0.1, -0.05) is 11.6 Å². The fourth-order valence-corrected chi connectivity index (χ4v) is 3.16. The summed E-state index contributed by atoms with van der Waals surface area (Å²) in [4.78, 5) is 24.5. The Hall–Kier alpha value is -2.34.